The fraction of sp³-hybridized carbons (Fsp3) is 0.636. The lowest BCUT2D eigenvalue weighted by Gasteiger charge is -1.99. The van der Waals surface area contributed by atoms with Crippen molar-refractivity contribution in [2.75, 3.05) is 0 Å². The molecule has 0 saturated heterocycles. The van der Waals surface area contributed by atoms with Crippen molar-refractivity contribution < 1.29 is 9.59 Å². The molecule has 0 unspecified atom stereocenters. The van der Waals surface area contributed by atoms with Crippen LogP contribution in [0.4, 0.5) is 0 Å². The van der Waals surface area contributed by atoms with E-state index >= 15 is 0 Å². The van der Waals surface area contributed by atoms with E-state index in [2.05, 4.69) is 22.8 Å². The van der Waals surface area contributed by atoms with Crippen LogP contribution in [0.25, 0.3) is 0 Å². The molecule has 1 aliphatic rings. The van der Waals surface area contributed by atoms with E-state index in [0.29, 0.717) is 0 Å². The number of rotatable bonds is 1. The van der Waals surface area contributed by atoms with Crippen LogP contribution < -0.4 is 0 Å². The van der Waals surface area contributed by atoms with Crippen LogP contribution in [0.2, 0.25) is 0 Å². The van der Waals surface area contributed by atoms with Gasteiger partial charge in [0.1, 0.15) is 0 Å². The molecule has 0 bridgehead atoms. The third kappa shape index (κ3) is 3.33. The van der Waals surface area contributed by atoms with Crippen molar-refractivity contribution in [3.63, 3.8) is 0 Å². The number of hydrogen-bond acceptors (Lipinski definition) is 3. The number of carbonyl (C=O) groups excluding carboxylic acids is 2. The standard InChI is InChI=1S/C10H16N2.CO2/c1-2-9-8-10-6-4-3-5-7-12(10)11-9;2-1-3/h8H,2-7H2,1H3;. The van der Waals surface area contributed by atoms with Crippen LogP contribution in [0.1, 0.15) is 37.6 Å². The fourth-order valence-corrected chi connectivity index (χ4v) is 1.83. The summed E-state index contributed by atoms with van der Waals surface area (Å²) in [4.78, 5) is 16.2. The first-order chi connectivity index (χ1) is 7.31. The molecule has 0 aliphatic carbocycles. The molecule has 0 spiro atoms. The van der Waals surface area contributed by atoms with Gasteiger partial charge in [0.05, 0.1) is 5.69 Å². The molecule has 1 aromatic heterocycles. The zero-order valence-electron chi connectivity index (χ0n) is 9.03. The number of aromatic nitrogens is 2. The lowest BCUT2D eigenvalue weighted by Crippen LogP contribution is -2.01. The highest BCUT2D eigenvalue weighted by Gasteiger charge is 2.09. The second-order valence-electron chi connectivity index (χ2n) is 3.60. The van der Waals surface area contributed by atoms with Gasteiger partial charge in [-0.05, 0) is 31.7 Å². The lowest BCUT2D eigenvalue weighted by atomic mass is 10.2. The van der Waals surface area contributed by atoms with Crippen molar-refractivity contribution >= 4 is 6.15 Å². The average Bonchev–Trinajstić information content (AvgIpc) is 2.50. The van der Waals surface area contributed by atoms with Crippen LogP contribution in [0.5, 0.6) is 0 Å². The maximum Gasteiger partial charge on any atom is 0.373 e. The molecule has 2 rings (SSSR count). The highest BCUT2D eigenvalue weighted by molar-refractivity contribution is 5.20. The molecule has 15 heavy (non-hydrogen) atoms. The lowest BCUT2D eigenvalue weighted by molar-refractivity contribution is -0.191. The zero-order valence-corrected chi connectivity index (χ0v) is 9.03. The molecule has 0 fully saturated rings. The quantitative estimate of drug-likeness (QED) is 0.704. The SMILES string of the molecule is CCc1cc2n(n1)CCCCC2.O=C=O. The molecule has 82 valence electrons. The molecule has 1 aliphatic heterocycles. The monoisotopic (exact) mass is 208 g/mol. The minimum absolute atomic E-state index is 0.250. The van der Waals surface area contributed by atoms with Gasteiger partial charge in [0, 0.05) is 12.2 Å². The first kappa shape index (κ1) is 11.7. The van der Waals surface area contributed by atoms with E-state index in [9.17, 15) is 0 Å². The van der Waals surface area contributed by atoms with Crippen LogP contribution in [0.15, 0.2) is 6.07 Å². The van der Waals surface area contributed by atoms with Crippen LogP contribution in [-0.2, 0) is 29.0 Å². The molecular weight excluding hydrogens is 192 g/mol. The second kappa shape index (κ2) is 6.14. The van der Waals surface area contributed by atoms with E-state index in [0.717, 1.165) is 13.0 Å². The van der Waals surface area contributed by atoms with Crippen LogP contribution in [-0.4, -0.2) is 15.9 Å². The molecule has 2 heterocycles. The molecule has 4 heteroatoms. The Kier molecular flexibility index (Phi) is 4.78. The molecule has 1 aromatic rings. The van der Waals surface area contributed by atoms with Gasteiger partial charge in [0.2, 0.25) is 0 Å². The Labute approximate surface area is 89.3 Å². The summed E-state index contributed by atoms with van der Waals surface area (Å²) in [6.07, 6.45) is 6.56. The maximum absolute atomic E-state index is 8.12. The average molecular weight is 208 g/mol. The summed E-state index contributed by atoms with van der Waals surface area (Å²) in [6.45, 7) is 3.30. The Hall–Kier alpha value is -1.41. The summed E-state index contributed by atoms with van der Waals surface area (Å²) < 4.78 is 2.20. The van der Waals surface area contributed by atoms with Crippen molar-refractivity contribution in [2.45, 2.75) is 45.6 Å². The Morgan fingerprint density at radius 3 is 2.80 bits per heavy atom. The van der Waals surface area contributed by atoms with Gasteiger partial charge in [-0.15, -0.1) is 0 Å². The third-order valence-electron chi connectivity index (χ3n) is 2.58. The largest absolute Gasteiger partial charge is 0.373 e. The van der Waals surface area contributed by atoms with Crippen molar-refractivity contribution in [3.8, 4) is 0 Å². The van der Waals surface area contributed by atoms with E-state index in [1.165, 1.54) is 37.1 Å². The van der Waals surface area contributed by atoms with Gasteiger partial charge in [-0.2, -0.15) is 14.7 Å². The van der Waals surface area contributed by atoms with E-state index in [1.807, 2.05) is 0 Å². The van der Waals surface area contributed by atoms with Crippen LogP contribution in [0.3, 0.4) is 0 Å². The molecule has 0 N–H and O–H groups in total. The van der Waals surface area contributed by atoms with Gasteiger partial charge in [0.25, 0.3) is 0 Å². The van der Waals surface area contributed by atoms with E-state index in [1.54, 1.807) is 0 Å². The third-order valence-corrected chi connectivity index (χ3v) is 2.58. The summed E-state index contributed by atoms with van der Waals surface area (Å²) in [5.74, 6) is 0. The predicted octanol–water partition coefficient (Wildman–Crippen LogP) is 1.59. The molecule has 0 radical (unpaired) electrons. The van der Waals surface area contributed by atoms with Gasteiger partial charge in [-0.3, -0.25) is 4.68 Å². The minimum atomic E-state index is 0.250. The second-order valence-corrected chi connectivity index (χ2v) is 3.60. The molecular formula is C11H16N2O2. The summed E-state index contributed by atoms with van der Waals surface area (Å²) in [7, 11) is 0. The Bertz CT molecular complexity index is 315. The Morgan fingerprint density at radius 1 is 1.40 bits per heavy atom. The van der Waals surface area contributed by atoms with E-state index in [4.69, 9.17) is 9.59 Å². The number of nitrogens with zero attached hydrogens (tertiary/aromatic N) is 2. The molecule has 0 amide bonds. The molecule has 0 saturated carbocycles. The van der Waals surface area contributed by atoms with Gasteiger partial charge in [-0.1, -0.05) is 13.3 Å². The molecule has 0 aromatic carbocycles. The highest BCUT2D eigenvalue weighted by Crippen LogP contribution is 2.15. The molecule has 4 nitrogen and oxygen atoms in total. The summed E-state index contributed by atoms with van der Waals surface area (Å²) >= 11 is 0. The van der Waals surface area contributed by atoms with Crippen molar-refractivity contribution in [3.05, 3.63) is 17.5 Å². The van der Waals surface area contributed by atoms with Gasteiger partial charge in [-0.25, -0.2) is 0 Å². The van der Waals surface area contributed by atoms with E-state index in [-0.39, 0.29) is 6.15 Å². The number of fused-ring (bicyclic) bond motifs is 1. The normalized spacial score (nSPS) is 14.2. The minimum Gasteiger partial charge on any atom is -0.269 e. The Morgan fingerprint density at radius 2 is 2.13 bits per heavy atom. The fourth-order valence-electron chi connectivity index (χ4n) is 1.83. The zero-order chi connectivity index (χ0) is 11.1. The van der Waals surface area contributed by atoms with Crippen LogP contribution in [0, 0.1) is 0 Å². The summed E-state index contributed by atoms with van der Waals surface area (Å²) in [5.41, 5.74) is 2.70. The number of aryl methyl sites for hydroxylation is 3. The smallest absolute Gasteiger partial charge is 0.269 e. The maximum atomic E-state index is 8.12. The highest BCUT2D eigenvalue weighted by atomic mass is 16.2. The van der Waals surface area contributed by atoms with Crippen molar-refractivity contribution in [1.82, 2.24) is 9.78 Å². The number of hydrogen-bond donors (Lipinski definition) is 0. The molecule has 0 atom stereocenters. The Balaban J connectivity index is 0.000000337. The van der Waals surface area contributed by atoms with Gasteiger partial charge >= 0.3 is 6.15 Å². The summed E-state index contributed by atoms with van der Waals surface area (Å²) in [5, 5.41) is 4.55. The van der Waals surface area contributed by atoms with E-state index < -0.39 is 0 Å². The van der Waals surface area contributed by atoms with Crippen molar-refractivity contribution in [2.24, 2.45) is 0 Å². The van der Waals surface area contributed by atoms with Crippen LogP contribution >= 0.6 is 0 Å². The first-order valence-electron chi connectivity index (χ1n) is 5.36. The first-order valence-corrected chi connectivity index (χ1v) is 5.36. The summed E-state index contributed by atoms with van der Waals surface area (Å²) in [6, 6.07) is 2.27. The van der Waals surface area contributed by atoms with Gasteiger partial charge < -0.3 is 0 Å². The van der Waals surface area contributed by atoms with Crippen molar-refractivity contribution in [1.29, 1.82) is 0 Å². The topological polar surface area (TPSA) is 52.0 Å². The predicted molar refractivity (Wildman–Crippen MR) is 54.2 cm³/mol. The van der Waals surface area contributed by atoms with Gasteiger partial charge in [0.15, 0.2) is 0 Å².